The Kier molecular flexibility index (Phi) is 1.90. The minimum atomic E-state index is 0.726. The van der Waals surface area contributed by atoms with Gasteiger partial charge in [0.15, 0.2) is 4.34 Å². The Labute approximate surface area is 103 Å². The van der Waals surface area contributed by atoms with Crippen molar-refractivity contribution < 1.29 is 0 Å². The van der Waals surface area contributed by atoms with E-state index in [9.17, 15) is 0 Å². The standard InChI is InChI=1S/C12H12N2S2/c1-2-4-9-8(3-1)13-11(15-9)16-14-10-7-12(10)5-6-12/h1-4,10,14H,5-7H2. The van der Waals surface area contributed by atoms with Gasteiger partial charge in [-0.2, -0.15) is 0 Å². The highest BCUT2D eigenvalue weighted by Gasteiger charge is 2.62. The maximum absolute atomic E-state index is 4.60. The molecule has 0 amide bonds. The SMILES string of the molecule is c1ccc2sc(SNC3CC34CC4)nc2c1. The van der Waals surface area contributed by atoms with Gasteiger partial charge in [0, 0.05) is 6.04 Å². The van der Waals surface area contributed by atoms with Crippen LogP contribution >= 0.6 is 23.3 Å². The van der Waals surface area contributed by atoms with Crippen LogP contribution < -0.4 is 4.72 Å². The first kappa shape index (κ1) is 9.45. The Morgan fingerprint density at radius 3 is 3.00 bits per heavy atom. The molecule has 2 aliphatic carbocycles. The van der Waals surface area contributed by atoms with Crippen molar-refractivity contribution in [2.45, 2.75) is 29.6 Å². The molecule has 0 bridgehead atoms. The Balaban J connectivity index is 1.49. The molecule has 2 aromatic rings. The summed E-state index contributed by atoms with van der Waals surface area (Å²) in [5.74, 6) is 0. The number of hydrogen-bond donors (Lipinski definition) is 1. The van der Waals surface area contributed by atoms with Crippen molar-refractivity contribution in [3.63, 3.8) is 0 Å². The Hall–Kier alpha value is -0.580. The van der Waals surface area contributed by atoms with Crippen LogP contribution in [0.5, 0.6) is 0 Å². The first-order valence-corrected chi connectivity index (χ1v) is 7.27. The minimum absolute atomic E-state index is 0.726. The van der Waals surface area contributed by atoms with Crippen molar-refractivity contribution in [3.8, 4) is 0 Å². The number of nitrogens with zero attached hydrogens (tertiary/aromatic N) is 1. The third-order valence-electron chi connectivity index (χ3n) is 3.64. The lowest BCUT2D eigenvalue weighted by Crippen LogP contribution is -2.08. The summed E-state index contributed by atoms with van der Waals surface area (Å²) in [4.78, 5) is 4.60. The molecule has 4 heteroatoms. The molecule has 0 saturated heterocycles. The van der Waals surface area contributed by atoms with E-state index >= 15 is 0 Å². The summed E-state index contributed by atoms with van der Waals surface area (Å²) in [5.41, 5.74) is 1.85. The molecule has 2 fully saturated rings. The van der Waals surface area contributed by atoms with Crippen LogP contribution in [0.4, 0.5) is 0 Å². The molecule has 0 aliphatic heterocycles. The summed E-state index contributed by atoms with van der Waals surface area (Å²) in [6, 6.07) is 9.09. The zero-order valence-electron chi connectivity index (χ0n) is 8.77. The molecule has 1 aromatic heterocycles. The zero-order chi connectivity index (χ0) is 10.6. The summed E-state index contributed by atoms with van der Waals surface area (Å²) in [5, 5.41) is 0. The molecule has 2 nitrogen and oxygen atoms in total. The number of benzene rings is 1. The van der Waals surface area contributed by atoms with Crippen LogP contribution in [-0.4, -0.2) is 11.0 Å². The predicted octanol–water partition coefficient (Wildman–Crippen LogP) is 3.45. The lowest BCUT2D eigenvalue weighted by atomic mass is 10.3. The van der Waals surface area contributed by atoms with Crippen molar-refractivity contribution in [2.75, 3.05) is 0 Å². The van der Waals surface area contributed by atoms with Gasteiger partial charge < -0.3 is 0 Å². The molecule has 0 radical (unpaired) electrons. The van der Waals surface area contributed by atoms with E-state index in [-0.39, 0.29) is 0 Å². The highest BCUT2D eigenvalue weighted by molar-refractivity contribution is 7.99. The molecule has 82 valence electrons. The van der Waals surface area contributed by atoms with Crippen molar-refractivity contribution in [3.05, 3.63) is 24.3 Å². The van der Waals surface area contributed by atoms with Crippen molar-refractivity contribution >= 4 is 33.5 Å². The second-order valence-electron chi connectivity index (χ2n) is 4.79. The van der Waals surface area contributed by atoms with E-state index in [2.05, 4.69) is 27.9 Å². The highest BCUT2D eigenvalue weighted by atomic mass is 32.2. The summed E-state index contributed by atoms with van der Waals surface area (Å²) in [6.07, 6.45) is 4.25. The second kappa shape index (κ2) is 3.22. The summed E-state index contributed by atoms with van der Waals surface area (Å²) in [6.45, 7) is 0. The van der Waals surface area contributed by atoms with Gasteiger partial charge in [-0.15, -0.1) is 11.3 Å². The van der Waals surface area contributed by atoms with Gasteiger partial charge in [0.25, 0.3) is 0 Å². The topological polar surface area (TPSA) is 24.9 Å². The van der Waals surface area contributed by atoms with Crippen molar-refractivity contribution in [1.82, 2.24) is 9.71 Å². The third-order valence-corrected chi connectivity index (χ3v) is 5.64. The fourth-order valence-electron chi connectivity index (χ4n) is 2.24. The Bertz CT molecular complexity index is 512. The van der Waals surface area contributed by atoms with Gasteiger partial charge in [0.05, 0.1) is 10.2 Å². The van der Waals surface area contributed by atoms with Gasteiger partial charge in [-0.05, 0) is 48.8 Å². The third kappa shape index (κ3) is 1.48. The molecule has 1 unspecified atom stereocenters. The molecule has 4 rings (SSSR count). The first-order chi connectivity index (χ1) is 7.86. The fraction of sp³-hybridized carbons (Fsp3) is 0.417. The van der Waals surface area contributed by atoms with Crippen molar-refractivity contribution in [1.29, 1.82) is 0 Å². The minimum Gasteiger partial charge on any atom is -0.254 e. The number of fused-ring (bicyclic) bond motifs is 1. The average molecular weight is 248 g/mol. The molecule has 1 heterocycles. The maximum Gasteiger partial charge on any atom is 0.166 e. The number of aromatic nitrogens is 1. The molecule has 1 atom stereocenters. The van der Waals surface area contributed by atoms with Crippen molar-refractivity contribution in [2.24, 2.45) is 5.41 Å². The number of thiazole rings is 1. The molecular weight excluding hydrogens is 236 g/mol. The molecule has 1 N–H and O–H groups in total. The second-order valence-corrected chi connectivity index (χ2v) is 6.90. The van der Waals surface area contributed by atoms with Gasteiger partial charge in [-0.25, -0.2) is 4.98 Å². The first-order valence-electron chi connectivity index (χ1n) is 5.64. The van der Waals surface area contributed by atoms with Gasteiger partial charge in [-0.3, -0.25) is 4.72 Å². The highest BCUT2D eigenvalue weighted by Crippen LogP contribution is 2.66. The van der Waals surface area contributed by atoms with Gasteiger partial charge in [-0.1, -0.05) is 12.1 Å². The zero-order valence-corrected chi connectivity index (χ0v) is 10.4. The van der Waals surface area contributed by atoms with Crippen LogP contribution in [0.25, 0.3) is 10.2 Å². The summed E-state index contributed by atoms with van der Waals surface area (Å²) in [7, 11) is 0. The molecule has 1 spiro atoms. The predicted molar refractivity (Wildman–Crippen MR) is 68.7 cm³/mol. The van der Waals surface area contributed by atoms with E-state index in [0.717, 1.165) is 21.3 Å². The maximum atomic E-state index is 4.60. The normalized spacial score (nSPS) is 25.1. The number of nitrogens with one attached hydrogen (secondary N) is 1. The smallest absolute Gasteiger partial charge is 0.166 e. The van der Waals surface area contributed by atoms with E-state index in [1.807, 2.05) is 6.07 Å². The number of hydrogen-bond acceptors (Lipinski definition) is 4. The van der Waals surface area contributed by atoms with Crippen LogP contribution in [0, 0.1) is 5.41 Å². The lowest BCUT2D eigenvalue weighted by molar-refractivity contribution is 0.790. The summed E-state index contributed by atoms with van der Waals surface area (Å²) >= 11 is 3.49. The number of rotatable bonds is 3. The average Bonchev–Trinajstić information content (AvgIpc) is 3.18. The molecule has 1 aromatic carbocycles. The monoisotopic (exact) mass is 248 g/mol. The Morgan fingerprint density at radius 2 is 2.25 bits per heavy atom. The van der Waals surface area contributed by atoms with E-state index in [0.29, 0.717) is 0 Å². The van der Waals surface area contributed by atoms with E-state index in [4.69, 9.17) is 0 Å². The van der Waals surface area contributed by atoms with Gasteiger partial charge in [0.1, 0.15) is 0 Å². The van der Waals surface area contributed by atoms with Crippen LogP contribution in [0.3, 0.4) is 0 Å². The van der Waals surface area contributed by atoms with Gasteiger partial charge >= 0.3 is 0 Å². The Morgan fingerprint density at radius 1 is 1.38 bits per heavy atom. The van der Waals surface area contributed by atoms with E-state index in [1.165, 1.54) is 24.0 Å². The van der Waals surface area contributed by atoms with Crippen LogP contribution in [-0.2, 0) is 0 Å². The lowest BCUT2D eigenvalue weighted by Gasteiger charge is -1.97. The molecule has 2 saturated carbocycles. The van der Waals surface area contributed by atoms with Gasteiger partial charge in [0.2, 0.25) is 0 Å². The van der Waals surface area contributed by atoms with Crippen LogP contribution in [0.1, 0.15) is 19.3 Å². The van der Waals surface area contributed by atoms with Crippen LogP contribution in [0.2, 0.25) is 0 Å². The largest absolute Gasteiger partial charge is 0.254 e. The number of para-hydroxylation sites is 1. The molecule has 2 aliphatic rings. The fourth-order valence-corrected chi connectivity index (χ4v) is 4.24. The quantitative estimate of drug-likeness (QED) is 0.842. The molecular formula is C12H12N2S2. The van der Waals surface area contributed by atoms with Crippen LogP contribution in [0.15, 0.2) is 28.6 Å². The summed E-state index contributed by atoms with van der Waals surface area (Å²) < 4.78 is 5.97. The van der Waals surface area contributed by atoms with E-state index < -0.39 is 0 Å². The van der Waals surface area contributed by atoms with E-state index in [1.54, 1.807) is 23.3 Å². The molecule has 16 heavy (non-hydrogen) atoms.